The Balaban J connectivity index is 2.48. The largest absolute Gasteiger partial charge is 0.491 e. The van der Waals surface area contributed by atoms with Crippen LogP contribution in [0.1, 0.15) is 38.8 Å². The molecular formula is C14H23NOS. The standard InChI is InChI=1S/C14H23NOS/c1-4-9-17-10-14(15)12-5-7-13(8-6-12)16-11(2)3/h5-8,11,14H,4,9-10,15H2,1-3H3. The van der Waals surface area contributed by atoms with E-state index >= 15 is 0 Å². The molecule has 0 spiro atoms. The van der Waals surface area contributed by atoms with Gasteiger partial charge >= 0.3 is 0 Å². The molecule has 0 bridgehead atoms. The van der Waals surface area contributed by atoms with Crippen LogP contribution in [0.2, 0.25) is 0 Å². The highest BCUT2D eigenvalue weighted by molar-refractivity contribution is 7.99. The van der Waals surface area contributed by atoms with E-state index in [2.05, 4.69) is 19.1 Å². The lowest BCUT2D eigenvalue weighted by molar-refractivity contribution is 0.242. The summed E-state index contributed by atoms with van der Waals surface area (Å²) >= 11 is 1.91. The molecule has 0 radical (unpaired) electrons. The molecule has 1 aromatic carbocycles. The van der Waals surface area contributed by atoms with Gasteiger partial charge in [-0.2, -0.15) is 11.8 Å². The molecule has 0 aromatic heterocycles. The van der Waals surface area contributed by atoms with E-state index in [1.165, 1.54) is 17.7 Å². The molecule has 0 amide bonds. The maximum atomic E-state index is 6.13. The van der Waals surface area contributed by atoms with Crippen LogP contribution in [0.25, 0.3) is 0 Å². The summed E-state index contributed by atoms with van der Waals surface area (Å²) in [5, 5.41) is 0. The summed E-state index contributed by atoms with van der Waals surface area (Å²) in [6.45, 7) is 6.25. The van der Waals surface area contributed by atoms with E-state index in [0.717, 1.165) is 11.5 Å². The molecule has 1 aromatic rings. The molecule has 0 heterocycles. The van der Waals surface area contributed by atoms with Crippen molar-refractivity contribution < 1.29 is 4.74 Å². The number of nitrogens with two attached hydrogens (primary N) is 1. The van der Waals surface area contributed by atoms with Crippen LogP contribution < -0.4 is 10.5 Å². The van der Waals surface area contributed by atoms with Gasteiger partial charge in [-0.25, -0.2) is 0 Å². The molecule has 0 saturated carbocycles. The lowest BCUT2D eigenvalue weighted by Crippen LogP contribution is -2.13. The quantitative estimate of drug-likeness (QED) is 0.754. The minimum absolute atomic E-state index is 0.125. The third kappa shape index (κ3) is 5.46. The van der Waals surface area contributed by atoms with Crippen molar-refractivity contribution in [3.63, 3.8) is 0 Å². The summed E-state index contributed by atoms with van der Waals surface area (Å²) in [6, 6.07) is 8.25. The van der Waals surface area contributed by atoms with E-state index in [4.69, 9.17) is 10.5 Å². The average Bonchev–Trinajstić information content (AvgIpc) is 2.29. The van der Waals surface area contributed by atoms with Gasteiger partial charge < -0.3 is 10.5 Å². The summed E-state index contributed by atoms with van der Waals surface area (Å²) in [5.41, 5.74) is 7.31. The van der Waals surface area contributed by atoms with Crippen LogP contribution in [0.3, 0.4) is 0 Å². The maximum Gasteiger partial charge on any atom is 0.119 e. The van der Waals surface area contributed by atoms with Crippen molar-refractivity contribution in [2.45, 2.75) is 39.3 Å². The fourth-order valence-corrected chi connectivity index (χ4v) is 2.42. The Bertz CT molecular complexity index is 311. The number of ether oxygens (including phenoxy) is 1. The molecule has 1 unspecified atom stereocenters. The van der Waals surface area contributed by atoms with Gasteiger partial charge in [0.2, 0.25) is 0 Å². The fourth-order valence-electron chi connectivity index (χ4n) is 1.52. The predicted octanol–water partition coefficient (Wildman–Crippen LogP) is 3.62. The highest BCUT2D eigenvalue weighted by Crippen LogP contribution is 2.20. The molecule has 2 nitrogen and oxygen atoms in total. The summed E-state index contributed by atoms with van der Waals surface area (Å²) in [7, 11) is 0. The van der Waals surface area contributed by atoms with Gasteiger partial charge in [0.15, 0.2) is 0 Å². The number of hydrogen-bond acceptors (Lipinski definition) is 3. The smallest absolute Gasteiger partial charge is 0.119 e. The van der Waals surface area contributed by atoms with Gasteiger partial charge in [0.05, 0.1) is 6.10 Å². The minimum Gasteiger partial charge on any atom is -0.491 e. The zero-order chi connectivity index (χ0) is 12.7. The molecule has 3 heteroatoms. The van der Waals surface area contributed by atoms with Gasteiger partial charge in [-0.1, -0.05) is 19.1 Å². The molecular weight excluding hydrogens is 230 g/mol. The first-order valence-corrected chi connectivity index (χ1v) is 7.39. The molecule has 1 atom stereocenters. The summed E-state index contributed by atoms with van der Waals surface area (Å²) in [6.07, 6.45) is 1.42. The second-order valence-corrected chi connectivity index (χ2v) is 5.57. The van der Waals surface area contributed by atoms with Crippen LogP contribution in [0, 0.1) is 0 Å². The van der Waals surface area contributed by atoms with Gasteiger partial charge in [-0.05, 0) is 43.7 Å². The third-order valence-electron chi connectivity index (χ3n) is 2.33. The Hall–Kier alpha value is -0.670. The second kappa shape index (κ2) is 7.62. The average molecular weight is 253 g/mol. The normalized spacial score (nSPS) is 12.8. The molecule has 2 N–H and O–H groups in total. The Kier molecular flexibility index (Phi) is 6.45. The summed E-state index contributed by atoms with van der Waals surface area (Å²) < 4.78 is 5.60. The molecule has 0 aliphatic heterocycles. The highest BCUT2D eigenvalue weighted by atomic mass is 32.2. The summed E-state index contributed by atoms with van der Waals surface area (Å²) in [4.78, 5) is 0. The fraction of sp³-hybridized carbons (Fsp3) is 0.571. The topological polar surface area (TPSA) is 35.2 Å². The second-order valence-electron chi connectivity index (χ2n) is 4.42. The molecule has 0 aliphatic rings. The lowest BCUT2D eigenvalue weighted by Gasteiger charge is -2.13. The summed E-state index contributed by atoms with van der Waals surface area (Å²) in [5.74, 6) is 3.08. The molecule has 96 valence electrons. The van der Waals surface area contributed by atoms with E-state index in [0.29, 0.717) is 0 Å². The van der Waals surface area contributed by atoms with Crippen LogP contribution >= 0.6 is 11.8 Å². The van der Waals surface area contributed by atoms with Gasteiger partial charge in [-0.15, -0.1) is 0 Å². The highest BCUT2D eigenvalue weighted by Gasteiger charge is 2.06. The maximum absolute atomic E-state index is 6.13. The predicted molar refractivity (Wildman–Crippen MR) is 76.8 cm³/mol. The first kappa shape index (κ1) is 14.4. The van der Waals surface area contributed by atoms with Crippen LogP contribution in [-0.2, 0) is 0 Å². The molecule has 0 aliphatic carbocycles. The van der Waals surface area contributed by atoms with Crippen molar-refractivity contribution >= 4 is 11.8 Å². The zero-order valence-electron chi connectivity index (χ0n) is 11.0. The van der Waals surface area contributed by atoms with Gasteiger partial charge in [0.25, 0.3) is 0 Å². The van der Waals surface area contributed by atoms with Crippen molar-refractivity contribution in [3.8, 4) is 5.75 Å². The van der Waals surface area contributed by atoms with Crippen LogP contribution in [0.15, 0.2) is 24.3 Å². The van der Waals surface area contributed by atoms with E-state index in [9.17, 15) is 0 Å². The Labute approximate surface area is 109 Å². The molecule has 1 rings (SSSR count). The van der Waals surface area contributed by atoms with Crippen molar-refractivity contribution in [3.05, 3.63) is 29.8 Å². The third-order valence-corrected chi connectivity index (χ3v) is 3.62. The van der Waals surface area contributed by atoms with Crippen molar-refractivity contribution in [1.82, 2.24) is 0 Å². The molecule has 0 saturated heterocycles. The van der Waals surface area contributed by atoms with E-state index in [1.54, 1.807) is 0 Å². The van der Waals surface area contributed by atoms with Crippen molar-refractivity contribution in [2.75, 3.05) is 11.5 Å². The van der Waals surface area contributed by atoms with Gasteiger partial charge in [0.1, 0.15) is 5.75 Å². The number of thioether (sulfide) groups is 1. The molecule has 0 fully saturated rings. The van der Waals surface area contributed by atoms with Gasteiger partial charge in [0, 0.05) is 11.8 Å². The van der Waals surface area contributed by atoms with Crippen LogP contribution in [0.5, 0.6) is 5.75 Å². The van der Waals surface area contributed by atoms with Crippen LogP contribution in [-0.4, -0.2) is 17.6 Å². The Morgan fingerprint density at radius 1 is 1.24 bits per heavy atom. The van der Waals surface area contributed by atoms with E-state index in [-0.39, 0.29) is 12.1 Å². The van der Waals surface area contributed by atoms with E-state index < -0.39 is 0 Å². The lowest BCUT2D eigenvalue weighted by atomic mass is 10.1. The zero-order valence-corrected chi connectivity index (χ0v) is 11.8. The number of rotatable bonds is 7. The van der Waals surface area contributed by atoms with Crippen molar-refractivity contribution in [1.29, 1.82) is 0 Å². The van der Waals surface area contributed by atoms with E-state index in [1.807, 2.05) is 37.7 Å². The van der Waals surface area contributed by atoms with Crippen LogP contribution in [0.4, 0.5) is 0 Å². The van der Waals surface area contributed by atoms with Crippen molar-refractivity contribution in [2.24, 2.45) is 5.73 Å². The Morgan fingerprint density at radius 2 is 1.88 bits per heavy atom. The minimum atomic E-state index is 0.125. The monoisotopic (exact) mass is 253 g/mol. The first-order chi connectivity index (χ1) is 8.13. The van der Waals surface area contributed by atoms with Gasteiger partial charge in [-0.3, -0.25) is 0 Å². The number of hydrogen-bond donors (Lipinski definition) is 1. The number of benzene rings is 1. The SMILES string of the molecule is CCCSCC(N)c1ccc(OC(C)C)cc1. The Morgan fingerprint density at radius 3 is 2.41 bits per heavy atom. The first-order valence-electron chi connectivity index (χ1n) is 6.23. The molecule has 17 heavy (non-hydrogen) atoms.